The number of hydrogen-bond acceptors (Lipinski definition) is 6. The van der Waals surface area contributed by atoms with Crippen LogP contribution in [0, 0.1) is 0 Å². The highest BCUT2D eigenvalue weighted by atomic mass is 35.5. The lowest BCUT2D eigenvalue weighted by atomic mass is 9.91. The Labute approximate surface area is 253 Å². The Morgan fingerprint density at radius 3 is 2.27 bits per heavy atom. The van der Waals surface area contributed by atoms with Gasteiger partial charge in [-0.05, 0) is 41.3 Å². The minimum atomic E-state index is -6.09. The van der Waals surface area contributed by atoms with Gasteiger partial charge in [0.05, 0.1) is 16.6 Å². The van der Waals surface area contributed by atoms with Gasteiger partial charge >= 0.3 is 12.4 Å². The number of aromatic amines is 1. The van der Waals surface area contributed by atoms with E-state index in [9.17, 15) is 44.7 Å². The first-order valence-electron chi connectivity index (χ1n) is 12.3. The zero-order valence-corrected chi connectivity index (χ0v) is 24.1. The molecule has 0 saturated carbocycles. The third-order valence-electron chi connectivity index (χ3n) is 6.68. The number of aromatic nitrogens is 2. The van der Waals surface area contributed by atoms with E-state index in [4.69, 9.17) is 11.6 Å². The van der Waals surface area contributed by atoms with Gasteiger partial charge in [0.25, 0.3) is 5.60 Å². The SMILES string of the molecule is O=c1ccc(S(=O)(=O)N[C@@H](c2cc3cccc(-c4cc(C(O)(C(F)(F)F)C(F)(F)F)ccn4)c3s2)c2ccccc2Cl)c[nH]1. The van der Waals surface area contributed by atoms with Gasteiger partial charge in [0.15, 0.2) is 0 Å². The first-order valence-corrected chi connectivity index (χ1v) is 15.0. The zero-order chi connectivity index (χ0) is 32.1. The largest absolute Gasteiger partial charge is 0.430 e. The zero-order valence-electron chi connectivity index (χ0n) is 21.7. The van der Waals surface area contributed by atoms with Crippen LogP contribution in [0.25, 0.3) is 21.3 Å². The summed E-state index contributed by atoms with van der Waals surface area (Å²) < 4.78 is 111. The Kier molecular flexibility index (Phi) is 8.13. The summed E-state index contributed by atoms with van der Waals surface area (Å²) in [5, 5.41) is 10.6. The van der Waals surface area contributed by atoms with E-state index in [1.807, 2.05) is 0 Å². The number of halogens is 7. The summed E-state index contributed by atoms with van der Waals surface area (Å²) in [7, 11) is -4.26. The Hall–Kier alpha value is -3.76. The summed E-state index contributed by atoms with van der Waals surface area (Å²) in [5.74, 6) is 0. The highest BCUT2D eigenvalue weighted by Gasteiger charge is 2.71. The Balaban J connectivity index is 1.65. The van der Waals surface area contributed by atoms with Crippen molar-refractivity contribution in [2.75, 3.05) is 0 Å². The third-order valence-corrected chi connectivity index (χ3v) is 9.69. The van der Waals surface area contributed by atoms with Crippen molar-refractivity contribution in [2.24, 2.45) is 0 Å². The Bertz CT molecular complexity index is 1990. The maximum atomic E-state index is 13.6. The first kappa shape index (κ1) is 31.7. The second kappa shape index (κ2) is 11.3. The number of H-pyrrole nitrogens is 1. The number of nitrogens with zero attached hydrogens (tertiary/aromatic N) is 1. The van der Waals surface area contributed by atoms with E-state index >= 15 is 0 Å². The molecule has 3 N–H and O–H groups in total. The molecule has 0 aliphatic carbocycles. The molecular weight excluding hydrogens is 656 g/mol. The summed E-state index contributed by atoms with van der Waals surface area (Å²) in [5.41, 5.74) is -6.97. The molecule has 0 spiro atoms. The van der Waals surface area contributed by atoms with Crippen molar-refractivity contribution in [1.29, 1.82) is 0 Å². The quantitative estimate of drug-likeness (QED) is 0.167. The number of alkyl halides is 6. The van der Waals surface area contributed by atoms with E-state index in [-0.39, 0.29) is 21.2 Å². The van der Waals surface area contributed by atoms with Gasteiger partial charge in [0.1, 0.15) is 0 Å². The van der Waals surface area contributed by atoms with E-state index in [0.717, 1.165) is 35.9 Å². The second-order valence-electron chi connectivity index (χ2n) is 9.47. The summed E-state index contributed by atoms with van der Waals surface area (Å²) in [4.78, 5) is 17.8. The van der Waals surface area contributed by atoms with Crippen molar-refractivity contribution in [1.82, 2.24) is 14.7 Å². The van der Waals surface area contributed by atoms with Crippen LogP contribution in [-0.2, 0) is 15.6 Å². The fraction of sp³-hybridized carbons (Fsp3) is 0.143. The molecule has 7 nitrogen and oxygen atoms in total. The van der Waals surface area contributed by atoms with Crippen molar-refractivity contribution in [2.45, 2.75) is 28.9 Å². The number of fused-ring (bicyclic) bond motifs is 1. The number of aliphatic hydroxyl groups is 1. The molecule has 44 heavy (non-hydrogen) atoms. The lowest BCUT2D eigenvalue weighted by Crippen LogP contribution is -2.53. The smallest absolute Gasteiger partial charge is 0.369 e. The molecule has 0 aliphatic rings. The lowest BCUT2D eigenvalue weighted by molar-refractivity contribution is -0.376. The molecule has 2 aromatic carbocycles. The minimum absolute atomic E-state index is 0.133. The number of pyridine rings is 2. The van der Waals surface area contributed by atoms with Crippen LogP contribution in [0.4, 0.5) is 26.3 Å². The van der Waals surface area contributed by atoms with Crippen molar-refractivity contribution >= 4 is 43.0 Å². The number of thiophene rings is 1. The number of benzene rings is 2. The number of rotatable bonds is 7. The van der Waals surface area contributed by atoms with Crippen LogP contribution in [0.5, 0.6) is 0 Å². The molecule has 0 radical (unpaired) electrons. The first-order chi connectivity index (χ1) is 20.5. The van der Waals surface area contributed by atoms with Crippen LogP contribution in [0.3, 0.4) is 0 Å². The van der Waals surface area contributed by atoms with Crippen LogP contribution in [0.2, 0.25) is 5.02 Å². The topological polar surface area (TPSA) is 112 Å². The average molecular weight is 674 g/mol. The summed E-state index contributed by atoms with van der Waals surface area (Å²) >= 11 is 7.43. The van der Waals surface area contributed by atoms with Gasteiger partial charge in [-0.15, -0.1) is 11.3 Å². The molecule has 0 aliphatic heterocycles. The molecule has 0 amide bonds. The van der Waals surface area contributed by atoms with E-state index < -0.39 is 45.1 Å². The van der Waals surface area contributed by atoms with Gasteiger partial charge in [-0.25, -0.2) is 8.42 Å². The second-order valence-corrected chi connectivity index (χ2v) is 12.7. The minimum Gasteiger partial charge on any atom is -0.369 e. The number of hydrogen-bond donors (Lipinski definition) is 3. The Morgan fingerprint density at radius 1 is 0.932 bits per heavy atom. The molecule has 0 unspecified atom stereocenters. The fourth-order valence-corrected chi connectivity index (χ4v) is 7.22. The van der Waals surface area contributed by atoms with E-state index in [0.29, 0.717) is 32.7 Å². The van der Waals surface area contributed by atoms with Gasteiger partial charge < -0.3 is 10.1 Å². The summed E-state index contributed by atoms with van der Waals surface area (Å²) in [6.45, 7) is 0. The molecule has 0 bridgehead atoms. The van der Waals surface area contributed by atoms with Gasteiger partial charge in [-0.1, -0.05) is 48.0 Å². The van der Waals surface area contributed by atoms with Gasteiger partial charge in [-0.3, -0.25) is 9.78 Å². The lowest BCUT2D eigenvalue weighted by Gasteiger charge is -2.32. The normalized spacial score (nSPS) is 13.7. The molecule has 5 rings (SSSR count). The molecule has 0 saturated heterocycles. The van der Waals surface area contributed by atoms with E-state index in [1.54, 1.807) is 30.3 Å². The fourth-order valence-electron chi connectivity index (χ4n) is 4.49. The van der Waals surface area contributed by atoms with Crippen LogP contribution in [0.1, 0.15) is 22.0 Å². The van der Waals surface area contributed by atoms with E-state index in [2.05, 4.69) is 14.7 Å². The van der Waals surface area contributed by atoms with Crippen LogP contribution >= 0.6 is 22.9 Å². The standard InChI is InChI=1S/C28H18ClF6N3O4S2/c29-20-7-2-1-5-18(20)24(38-44(41,42)17-8-9-23(39)37-14-17)22-12-15-4-3-6-19(25(15)43-22)21-13-16(10-11-36-21)26(40,27(30,31)32)28(33,34)35/h1-14,24,38,40H,(H,37,39)/t24-/m1/s1. The van der Waals surface area contributed by atoms with Crippen LogP contribution < -0.4 is 10.3 Å². The van der Waals surface area contributed by atoms with Crippen molar-refractivity contribution in [3.8, 4) is 11.3 Å². The number of sulfonamides is 1. The monoisotopic (exact) mass is 673 g/mol. The van der Waals surface area contributed by atoms with Crippen LogP contribution in [-0.4, -0.2) is 35.8 Å². The highest BCUT2D eigenvalue weighted by Crippen LogP contribution is 2.50. The predicted molar refractivity (Wildman–Crippen MR) is 152 cm³/mol. The summed E-state index contributed by atoms with van der Waals surface area (Å²) in [6.07, 6.45) is -10.4. The molecule has 3 aromatic heterocycles. The van der Waals surface area contributed by atoms with Crippen LogP contribution in [0.15, 0.2) is 94.9 Å². The molecule has 3 heterocycles. The van der Waals surface area contributed by atoms with Gasteiger partial charge in [0.2, 0.25) is 15.6 Å². The molecule has 16 heteroatoms. The maximum absolute atomic E-state index is 13.6. The average Bonchev–Trinajstić information content (AvgIpc) is 3.39. The van der Waals surface area contributed by atoms with E-state index in [1.165, 1.54) is 18.2 Å². The van der Waals surface area contributed by atoms with Gasteiger partial charge in [0, 0.05) is 44.2 Å². The molecule has 5 aromatic rings. The van der Waals surface area contributed by atoms with Crippen molar-refractivity contribution in [3.05, 3.63) is 117 Å². The number of nitrogens with one attached hydrogen (secondary N) is 2. The maximum Gasteiger partial charge on any atom is 0.430 e. The molecule has 0 fully saturated rings. The summed E-state index contributed by atoms with van der Waals surface area (Å²) in [6, 6.07) is 14.5. The molecule has 1 atom stereocenters. The molecular formula is C28H18ClF6N3O4S2. The Morgan fingerprint density at radius 2 is 1.64 bits per heavy atom. The van der Waals surface area contributed by atoms with Gasteiger partial charge in [-0.2, -0.15) is 31.1 Å². The third kappa shape index (κ3) is 5.73. The van der Waals surface area contributed by atoms with Crippen molar-refractivity contribution < 1.29 is 39.9 Å². The van der Waals surface area contributed by atoms with Crippen molar-refractivity contribution in [3.63, 3.8) is 0 Å². The highest BCUT2D eigenvalue weighted by molar-refractivity contribution is 7.89. The predicted octanol–water partition coefficient (Wildman–Crippen LogP) is 6.69. The molecule has 230 valence electrons.